The van der Waals surface area contributed by atoms with Crippen LogP contribution in [0.2, 0.25) is 0 Å². The number of aromatic nitrogens is 3. The van der Waals surface area contributed by atoms with E-state index in [-0.39, 0.29) is 11.4 Å². The Morgan fingerprint density at radius 2 is 2.38 bits per heavy atom. The fraction of sp³-hybridized carbons (Fsp3) is 0.222. The van der Waals surface area contributed by atoms with E-state index in [1.54, 1.807) is 0 Å². The molecule has 0 atom stereocenters. The molecule has 84 valence electrons. The van der Waals surface area contributed by atoms with Crippen LogP contribution in [0.4, 0.5) is 5.82 Å². The van der Waals surface area contributed by atoms with Crippen molar-refractivity contribution in [1.29, 1.82) is 0 Å². The fourth-order valence-corrected chi connectivity index (χ4v) is 1.91. The molecule has 0 aliphatic carbocycles. The summed E-state index contributed by atoms with van der Waals surface area (Å²) in [6.45, 7) is 1.82. The first-order valence-corrected chi connectivity index (χ1v) is 5.54. The van der Waals surface area contributed by atoms with Gasteiger partial charge in [0.15, 0.2) is 5.16 Å². The summed E-state index contributed by atoms with van der Waals surface area (Å²) in [6.07, 6.45) is 0. The minimum Gasteiger partial charge on any atom is -0.383 e. The molecule has 0 bridgehead atoms. The summed E-state index contributed by atoms with van der Waals surface area (Å²) in [5.41, 5.74) is 5.99. The minimum absolute atomic E-state index is 0.211. The molecule has 2 heterocycles. The summed E-state index contributed by atoms with van der Waals surface area (Å²) >= 11 is 1.35. The van der Waals surface area contributed by atoms with Crippen LogP contribution in [-0.2, 0) is 5.75 Å². The summed E-state index contributed by atoms with van der Waals surface area (Å²) in [7, 11) is 0. The standard InChI is InChI=1S/C9H10N4O2S/c1-5-2-6(13-15-5)4-16-9-11-7(10)3-8(14)12-9/h2-3H,4H2,1H3,(H3,10,11,12,14). The molecule has 3 N–H and O–H groups in total. The molecule has 6 nitrogen and oxygen atoms in total. The van der Waals surface area contributed by atoms with Crippen molar-refractivity contribution >= 4 is 17.6 Å². The quantitative estimate of drug-likeness (QED) is 0.610. The fourth-order valence-electron chi connectivity index (χ4n) is 1.15. The molecule has 0 aliphatic rings. The van der Waals surface area contributed by atoms with Crippen molar-refractivity contribution in [3.63, 3.8) is 0 Å². The minimum atomic E-state index is -0.258. The molecule has 0 saturated carbocycles. The van der Waals surface area contributed by atoms with Crippen LogP contribution in [0.15, 0.2) is 26.6 Å². The first kappa shape index (κ1) is 10.7. The van der Waals surface area contributed by atoms with E-state index in [9.17, 15) is 4.79 Å². The molecule has 0 aliphatic heterocycles. The maximum atomic E-state index is 11.1. The number of anilines is 1. The van der Waals surface area contributed by atoms with Gasteiger partial charge >= 0.3 is 0 Å². The Balaban J connectivity index is 2.07. The van der Waals surface area contributed by atoms with Gasteiger partial charge in [-0.05, 0) is 6.92 Å². The average molecular weight is 238 g/mol. The van der Waals surface area contributed by atoms with Gasteiger partial charge < -0.3 is 15.2 Å². The zero-order valence-corrected chi connectivity index (χ0v) is 9.37. The predicted molar refractivity (Wildman–Crippen MR) is 60.1 cm³/mol. The van der Waals surface area contributed by atoms with E-state index < -0.39 is 0 Å². The molecular weight excluding hydrogens is 228 g/mol. The highest BCUT2D eigenvalue weighted by atomic mass is 32.2. The molecule has 16 heavy (non-hydrogen) atoms. The van der Waals surface area contributed by atoms with Gasteiger partial charge in [0, 0.05) is 17.9 Å². The van der Waals surface area contributed by atoms with Crippen LogP contribution in [0.3, 0.4) is 0 Å². The molecule has 2 rings (SSSR count). The highest BCUT2D eigenvalue weighted by Gasteiger charge is 2.04. The molecule has 0 aromatic carbocycles. The summed E-state index contributed by atoms with van der Waals surface area (Å²) in [4.78, 5) is 17.7. The number of nitrogens with two attached hydrogens (primary N) is 1. The van der Waals surface area contributed by atoms with Crippen molar-refractivity contribution in [2.45, 2.75) is 17.8 Å². The van der Waals surface area contributed by atoms with Crippen molar-refractivity contribution in [3.8, 4) is 0 Å². The zero-order valence-electron chi connectivity index (χ0n) is 8.56. The van der Waals surface area contributed by atoms with Crippen LogP contribution in [-0.4, -0.2) is 15.1 Å². The normalized spacial score (nSPS) is 10.6. The number of nitrogen functional groups attached to an aromatic ring is 1. The van der Waals surface area contributed by atoms with Crippen LogP contribution >= 0.6 is 11.8 Å². The summed E-state index contributed by atoms with van der Waals surface area (Å²) in [5, 5.41) is 4.31. The lowest BCUT2D eigenvalue weighted by molar-refractivity contribution is 0.393. The van der Waals surface area contributed by atoms with Crippen LogP contribution in [0, 0.1) is 6.92 Å². The van der Waals surface area contributed by atoms with Crippen LogP contribution < -0.4 is 11.3 Å². The molecule has 2 aromatic rings. The van der Waals surface area contributed by atoms with Gasteiger partial charge in [0.1, 0.15) is 11.6 Å². The second-order valence-electron chi connectivity index (χ2n) is 3.19. The molecular formula is C9H10N4O2S. The number of H-pyrrole nitrogens is 1. The Morgan fingerprint density at radius 1 is 1.56 bits per heavy atom. The predicted octanol–water partition coefficient (Wildman–Crippen LogP) is 0.941. The molecule has 0 amide bonds. The molecule has 7 heteroatoms. The third-order valence-electron chi connectivity index (χ3n) is 1.77. The number of nitrogens with zero attached hydrogens (tertiary/aromatic N) is 2. The average Bonchev–Trinajstić information content (AvgIpc) is 2.60. The van der Waals surface area contributed by atoms with Crippen molar-refractivity contribution in [2.24, 2.45) is 0 Å². The number of rotatable bonds is 3. The van der Waals surface area contributed by atoms with E-state index in [0.717, 1.165) is 11.5 Å². The summed E-state index contributed by atoms with van der Waals surface area (Å²) in [6, 6.07) is 3.07. The van der Waals surface area contributed by atoms with Gasteiger partial charge in [-0.25, -0.2) is 4.98 Å². The van der Waals surface area contributed by atoms with E-state index in [2.05, 4.69) is 15.1 Å². The van der Waals surface area contributed by atoms with Crippen molar-refractivity contribution < 1.29 is 4.52 Å². The van der Waals surface area contributed by atoms with Crippen molar-refractivity contribution in [1.82, 2.24) is 15.1 Å². The van der Waals surface area contributed by atoms with E-state index in [1.165, 1.54) is 17.8 Å². The highest BCUT2D eigenvalue weighted by Crippen LogP contribution is 2.18. The lowest BCUT2D eigenvalue weighted by Gasteiger charge is -1.98. The van der Waals surface area contributed by atoms with Crippen molar-refractivity contribution in [3.05, 3.63) is 33.9 Å². The second-order valence-corrected chi connectivity index (χ2v) is 4.16. The number of nitrogens with one attached hydrogen (secondary N) is 1. The van der Waals surface area contributed by atoms with Gasteiger partial charge in [-0.2, -0.15) is 0 Å². The molecule has 0 fully saturated rings. The summed E-state index contributed by atoms with van der Waals surface area (Å²) in [5.74, 6) is 1.54. The molecule has 2 aromatic heterocycles. The van der Waals surface area contributed by atoms with E-state index in [0.29, 0.717) is 10.9 Å². The Morgan fingerprint density at radius 3 is 3.00 bits per heavy atom. The van der Waals surface area contributed by atoms with Gasteiger partial charge in [-0.15, -0.1) is 0 Å². The van der Waals surface area contributed by atoms with Gasteiger partial charge in [0.05, 0.1) is 5.69 Å². The first-order chi connectivity index (χ1) is 7.63. The largest absolute Gasteiger partial charge is 0.383 e. The topological polar surface area (TPSA) is 97.8 Å². The Labute approximate surface area is 95.2 Å². The SMILES string of the molecule is Cc1cc(CSc2nc(N)cc(=O)[nH]2)no1. The number of aryl methyl sites for hydroxylation is 1. The lowest BCUT2D eigenvalue weighted by Crippen LogP contribution is -2.09. The second kappa shape index (κ2) is 4.40. The third-order valence-corrected chi connectivity index (χ3v) is 2.68. The van der Waals surface area contributed by atoms with Gasteiger partial charge in [0.25, 0.3) is 5.56 Å². The Bertz CT molecular complexity index is 548. The molecule has 0 saturated heterocycles. The van der Waals surface area contributed by atoms with Crippen LogP contribution in [0.1, 0.15) is 11.5 Å². The van der Waals surface area contributed by atoms with Gasteiger partial charge in [-0.3, -0.25) is 4.79 Å². The number of hydrogen-bond donors (Lipinski definition) is 2. The Kier molecular flexibility index (Phi) is 2.95. The molecule has 0 unspecified atom stereocenters. The molecule has 0 radical (unpaired) electrons. The van der Waals surface area contributed by atoms with Gasteiger partial charge in [-0.1, -0.05) is 16.9 Å². The van der Waals surface area contributed by atoms with Crippen LogP contribution in [0.25, 0.3) is 0 Å². The maximum Gasteiger partial charge on any atom is 0.253 e. The summed E-state index contributed by atoms with van der Waals surface area (Å²) < 4.78 is 4.92. The maximum absolute atomic E-state index is 11.1. The van der Waals surface area contributed by atoms with E-state index >= 15 is 0 Å². The Hall–Kier alpha value is -1.76. The smallest absolute Gasteiger partial charge is 0.253 e. The van der Waals surface area contributed by atoms with Gasteiger partial charge in [0.2, 0.25) is 0 Å². The van der Waals surface area contributed by atoms with E-state index in [1.807, 2.05) is 13.0 Å². The molecule has 0 spiro atoms. The zero-order chi connectivity index (χ0) is 11.5. The van der Waals surface area contributed by atoms with Crippen molar-refractivity contribution in [2.75, 3.05) is 5.73 Å². The number of hydrogen-bond acceptors (Lipinski definition) is 6. The van der Waals surface area contributed by atoms with Crippen LogP contribution in [0.5, 0.6) is 0 Å². The first-order valence-electron chi connectivity index (χ1n) is 4.55. The van der Waals surface area contributed by atoms with E-state index in [4.69, 9.17) is 10.3 Å². The highest BCUT2D eigenvalue weighted by molar-refractivity contribution is 7.98. The third kappa shape index (κ3) is 2.63. The number of aromatic amines is 1. The lowest BCUT2D eigenvalue weighted by atomic mass is 10.4. The number of thioether (sulfide) groups is 1. The monoisotopic (exact) mass is 238 g/mol.